The molecule has 1 N–H and O–H groups in total. The molecule has 0 aliphatic carbocycles. The first-order valence-corrected chi connectivity index (χ1v) is 8.93. The van der Waals surface area contributed by atoms with Crippen LogP contribution in [-0.2, 0) is 30.2 Å². The summed E-state index contributed by atoms with van der Waals surface area (Å²) in [5.74, 6) is -1.37. The molecule has 0 radical (unpaired) electrons. The lowest BCUT2D eigenvalue weighted by Crippen LogP contribution is -2.39. The fraction of sp³-hybridized carbons (Fsp3) is 0.450. The number of carbonyl (C=O) groups is 3. The average molecular weight is 390 g/mol. The van der Waals surface area contributed by atoms with Crippen molar-refractivity contribution in [2.24, 2.45) is 0 Å². The molecule has 1 amide bonds. The maximum atomic E-state index is 12.5. The number of anilines is 2. The fourth-order valence-corrected chi connectivity index (χ4v) is 2.77. The summed E-state index contributed by atoms with van der Waals surface area (Å²) >= 11 is 0. The molecule has 1 aliphatic rings. The number of benzene rings is 1. The second kappa shape index (κ2) is 8.77. The van der Waals surface area contributed by atoms with E-state index in [0.717, 1.165) is 30.2 Å². The molecule has 152 valence electrons. The predicted octanol–water partition coefficient (Wildman–Crippen LogP) is 3.02. The topological polar surface area (TPSA) is 94.2 Å². The molecule has 2 rings (SSSR count). The monoisotopic (exact) mass is 390 g/mol. The zero-order valence-corrected chi connectivity index (χ0v) is 16.8. The maximum absolute atomic E-state index is 12.5. The molecule has 1 aromatic carbocycles. The summed E-state index contributed by atoms with van der Waals surface area (Å²) in [5, 5.41) is 2.88. The summed E-state index contributed by atoms with van der Waals surface area (Å²) < 4.78 is 14.7. The Hall–Kier alpha value is -3.03. The minimum atomic E-state index is -0.696. The molecule has 0 saturated carbocycles. The van der Waals surface area contributed by atoms with E-state index >= 15 is 0 Å². The van der Waals surface area contributed by atoms with E-state index in [0.29, 0.717) is 12.2 Å². The van der Waals surface area contributed by atoms with Crippen molar-refractivity contribution in [1.82, 2.24) is 0 Å². The van der Waals surface area contributed by atoms with Crippen LogP contribution in [0.25, 0.3) is 0 Å². The van der Waals surface area contributed by atoms with Gasteiger partial charge in [-0.15, -0.1) is 0 Å². The van der Waals surface area contributed by atoms with Gasteiger partial charge in [-0.25, -0.2) is 14.4 Å². The van der Waals surface area contributed by atoms with Crippen LogP contribution in [0.4, 0.5) is 16.2 Å². The Morgan fingerprint density at radius 1 is 1.14 bits per heavy atom. The lowest BCUT2D eigenvalue weighted by atomic mass is 10.0. The van der Waals surface area contributed by atoms with Gasteiger partial charge in [-0.3, -0.25) is 4.90 Å². The van der Waals surface area contributed by atoms with Crippen LogP contribution in [-0.4, -0.2) is 44.4 Å². The Labute approximate surface area is 164 Å². The highest BCUT2D eigenvalue weighted by Crippen LogP contribution is 2.31. The third-order valence-electron chi connectivity index (χ3n) is 3.96. The molecular formula is C20H26N2O6. The Morgan fingerprint density at radius 2 is 1.86 bits per heavy atom. The van der Waals surface area contributed by atoms with E-state index in [4.69, 9.17) is 9.47 Å². The van der Waals surface area contributed by atoms with E-state index in [2.05, 4.69) is 10.1 Å². The standard InChI is InChI=1S/C20H26N2O6/c1-20(2,3)28-19(25)22-10-6-7-13-11-14(8-9-16(13)22)21-15(18(24)27-5)12-17(23)26-4/h8-9,11-12,21H,6-7,10H2,1-5H3/b15-12+. The van der Waals surface area contributed by atoms with Crippen LogP contribution in [0.3, 0.4) is 0 Å². The van der Waals surface area contributed by atoms with Gasteiger partial charge in [-0.1, -0.05) is 0 Å². The van der Waals surface area contributed by atoms with E-state index in [9.17, 15) is 14.4 Å². The smallest absolute Gasteiger partial charge is 0.414 e. The Balaban J connectivity index is 2.27. The number of hydrogen-bond donors (Lipinski definition) is 1. The molecule has 0 fully saturated rings. The molecule has 0 bridgehead atoms. The Bertz CT molecular complexity index is 794. The summed E-state index contributed by atoms with van der Waals surface area (Å²) in [4.78, 5) is 37.5. The van der Waals surface area contributed by atoms with Gasteiger partial charge >= 0.3 is 18.0 Å². The Morgan fingerprint density at radius 3 is 2.46 bits per heavy atom. The van der Waals surface area contributed by atoms with E-state index < -0.39 is 23.6 Å². The van der Waals surface area contributed by atoms with Crippen molar-refractivity contribution in [2.45, 2.75) is 39.2 Å². The molecule has 0 saturated heterocycles. The molecule has 8 nitrogen and oxygen atoms in total. The number of ether oxygens (including phenoxy) is 3. The zero-order valence-electron chi connectivity index (χ0n) is 16.8. The van der Waals surface area contributed by atoms with Crippen LogP contribution in [0.1, 0.15) is 32.8 Å². The van der Waals surface area contributed by atoms with Gasteiger partial charge in [0.25, 0.3) is 0 Å². The van der Waals surface area contributed by atoms with Crippen molar-refractivity contribution in [3.8, 4) is 0 Å². The van der Waals surface area contributed by atoms with Crippen LogP contribution in [0.15, 0.2) is 30.0 Å². The normalized spacial score (nSPS) is 14.0. The zero-order chi connectivity index (χ0) is 20.9. The second-order valence-electron chi connectivity index (χ2n) is 7.28. The van der Waals surface area contributed by atoms with Gasteiger partial charge in [0.05, 0.1) is 26.0 Å². The molecular weight excluding hydrogens is 364 g/mol. The number of hydrogen-bond acceptors (Lipinski definition) is 7. The van der Waals surface area contributed by atoms with Gasteiger partial charge in [-0.05, 0) is 57.4 Å². The quantitative estimate of drug-likeness (QED) is 0.480. The number of methoxy groups -OCH3 is 2. The number of esters is 2. The van der Waals surface area contributed by atoms with E-state index in [-0.39, 0.29) is 5.70 Å². The molecule has 1 heterocycles. The van der Waals surface area contributed by atoms with Crippen molar-refractivity contribution < 1.29 is 28.6 Å². The van der Waals surface area contributed by atoms with Gasteiger partial charge in [0.1, 0.15) is 11.3 Å². The predicted molar refractivity (Wildman–Crippen MR) is 104 cm³/mol. The van der Waals surface area contributed by atoms with E-state index in [1.54, 1.807) is 17.0 Å². The minimum Gasteiger partial charge on any atom is -0.466 e. The summed E-state index contributed by atoms with van der Waals surface area (Å²) in [5.41, 5.74) is 1.66. The van der Waals surface area contributed by atoms with Crippen molar-refractivity contribution in [2.75, 3.05) is 31.0 Å². The molecule has 0 spiro atoms. The van der Waals surface area contributed by atoms with E-state index in [1.807, 2.05) is 26.8 Å². The van der Waals surface area contributed by atoms with Gasteiger partial charge in [0.15, 0.2) is 0 Å². The van der Waals surface area contributed by atoms with Crippen LogP contribution in [0.2, 0.25) is 0 Å². The van der Waals surface area contributed by atoms with Gasteiger partial charge in [0.2, 0.25) is 0 Å². The van der Waals surface area contributed by atoms with Gasteiger partial charge in [0, 0.05) is 12.2 Å². The van der Waals surface area contributed by atoms with Crippen LogP contribution in [0.5, 0.6) is 0 Å². The summed E-state index contributed by atoms with van der Waals surface area (Å²) in [6, 6.07) is 5.34. The molecule has 1 aliphatic heterocycles. The summed E-state index contributed by atoms with van der Waals surface area (Å²) in [6.07, 6.45) is 2.20. The molecule has 0 atom stereocenters. The van der Waals surface area contributed by atoms with E-state index in [1.165, 1.54) is 14.2 Å². The van der Waals surface area contributed by atoms with Crippen LogP contribution >= 0.6 is 0 Å². The third kappa shape index (κ3) is 5.48. The molecule has 28 heavy (non-hydrogen) atoms. The summed E-state index contributed by atoms with van der Waals surface area (Å²) in [6.45, 7) is 6.05. The SMILES string of the molecule is COC(=O)/C=C(/Nc1ccc2c(c1)CCCN2C(=O)OC(C)(C)C)C(=O)OC. The van der Waals surface area contributed by atoms with Gasteiger partial charge in [-0.2, -0.15) is 0 Å². The third-order valence-corrected chi connectivity index (χ3v) is 3.96. The first-order valence-electron chi connectivity index (χ1n) is 8.93. The van der Waals surface area contributed by atoms with Crippen molar-refractivity contribution in [3.05, 3.63) is 35.5 Å². The van der Waals surface area contributed by atoms with Crippen LogP contribution in [0, 0.1) is 0 Å². The largest absolute Gasteiger partial charge is 0.466 e. The van der Waals surface area contributed by atoms with Crippen molar-refractivity contribution in [3.63, 3.8) is 0 Å². The van der Waals surface area contributed by atoms with Crippen molar-refractivity contribution >= 4 is 29.4 Å². The number of carbonyl (C=O) groups excluding carboxylic acids is 3. The number of rotatable bonds is 4. The number of aryl methyl sites for hydroxylation is 1. The molecule has 0 aromatic heterocycles. The number of nitrogens with zero attached hydrogens (tertiary/aromatic N) is 1. The minimum absolute atomic E-state index is 0.0471. The fourth-order valence-electron chi connectivity index (χ4n) is 2.77. The number of fused-ring (bicyclic) bond motifs is 1. The number of nitrogens with one attached hydrogen (secondary N) is 1. The molecule has 8 heteroatoms. The van der Waals surface area contributed by atoms with Crippen LogP contribution < -0.4 is 10.2 Å². The second-order valence-corrected chi connectivity index (χ2v) is 7.28. The Kier molecular flexibility index (Phi) is 6.66. The first-order chi connectivity index (χ1) is 13.1. The highest BCUT2D eigenvalue weighted by atomic mass is 16.6. The highest BCUT2D eigenvalue weighted by molar-refractivity contribution is 5.99. The number of amides is 1. The lowest BCUT2D eigenvalue weighted by Gasteiger charge is -2.32. The molecule has 1 aromatic rings. The highest BCUT2D eigenvalue weighted by Gasteiger charge is 2.27. The maximum Gasteiger partial charge on any atom is 0.414 e. The molecule has 0 unspecified atom stereocenters. The van der Waals surface area contributed by atoms with Gasteiger partial charge < -0.3 is 19.5 Å². The van der Waals surface area contributed by atoms with Crippen molar-refractivity contribution in [1.29, 1.82) is 0 Å². The first kappa shape index (κ1) is 21.3. The average Bonchev–Trinajstić information content (AvgIpc) is 2.64. The lowest BCUT2D eigenvalue weighted by molar-refractivity contribution is -0.138. The summed E-state index contributed by atoms with van der Waals surface area (Å²) in [7, 11) is 2.44.